The molecule has 0 aliphatic carbocycles. The molecule has 0 atom stereocenters. The monoisotopic (exact) mass is 265 g/mol. The number of hydrogen-bond acceptors (Lipinski definition) is 1. The molecule has 0 aliphatic rings. The Morgan fingerprint density at radius 2 is 1.89 bits per heavy atom. The standard InChI is InChI=1S/C14H13F2NO2/c1-8-7-11(13(15)16)9(2)17(8)12-6-4-3-5-10(12)14(18)19/h3-7,13H,1-2H3,(H,18,19). The zero-order valence-electron chi connectivity index (χ0n) is 10.5. The van der Waals surface area contributed by atoms with E-state index in [9.17, 15) is 13.6 Å². The molecule has 0 fully saturated rings. The summed E-state index contributed by atoms with van der Waals surface area (Å²) in [6.07, 6.45) is -2.57. The maximum Gasteiger partial charge on any atom is 0.337 e. The van der Waals surface area contributed by atoms with Crippen LogP contribution in [0.4, 0.5) is 8.78 Å². The van der Waals surface area contributed by atoms with Crippen molar-refractivity contribution < 1.29 is 18.7 Å². The van der Waals surface area contributed by atoms with Crippen molar-refractivity contribution in [3.05, 3.63) is 52.8 Å². The number of alkyl halides is 2. The molecule has 2 rings (SSSR count). The number of carboxylic acids is 1. The van der Waals surface area contributed by atoms with E-state index in [0.29, 0.717) is 17.1 Å². The van der Waals surface area contributed by atoms with Gasteiger partial charge >= 0.3 is 5.97 Å². The van der Waals surface area contributed by atoms with Gasteiger partial charge in [-0.3, -0.25) is 0 Å². The summed E-state index contributed by atoms with van der Waals surface area (Å²) >= 11 is 0. The van der Waals surface area contributed by atoms with Crippen molar-refractivity contribution in [2.24, 2.45) is 0 Å². The summed E-state index contributed by atoms with van der Waals surface area (Å²) in [6, 6.07) is 7.74. The number of rotatable bonds is 3. The van der Waals surface area contributed by atoms with Gasteiger partial charge in [-0.2, -0.15) is 0 Å². The Morgan fingerprint density at radius 1 is 1.26 bits per heavy atom. The summed E-state index contributed by atoms with van der Waals surface area (Å²) in [5, 5.41) is 9.16. The lowest BCUT2D eigenvalue weighted by Crippen LogP contribution is -2.07. The second kappa shape index (κ2) is 4.84. The minimum Gasteiger partial charge on any atom is -0.478 e. The van der Waals surface area contributed by atoms with Gasteiger partial charge in [-0.25, -0.2) is 13.6 Å². The van der Waals surface area contributed by atoms with E-state index in [1.807, 2.05) is 0 Å². The minimum absolute atomic E-state index is 0.0716. The van der Waals surface area contributed by atoms with Crippen molar-refractivity contribution in [1.29, 1.82) is 0 Å². The van der Waals surface area contributed by atoms with Crippen molar-refractivity contribution in [2.75, 3.05) is 0 Å². The van der Waals surface area contributed by atoms with Gasteiger partial charge in [0, 0.05) is 17.0 Å². The highest BCUT2D eigenvalue weighted by Crippen LogP contribution is 2.29. The van der Waals surface area contributed by atoms with Crippen molar-refractivity contribution >= 4 is 5.97 Å². The van der Waals surface area contributed by atoms with Crippen molar-refractivity contribution in [3.8, 4) is 5.69 Å². The van der Waals surface area contributed by atoms with E-state index in [-0.39, 0.29) is 11.1 Å². The van der Waals surface area contributed by atoms with E-state index in [2.05, 4.69) is 0 Å². The summed E-state index contributed by atoms with van der Waals surface area (Å²) in [4.78, 5) is 11.2. The van der Waals surface area contributed by atoms with Crippen LogP contribution in [-0.4, -0.2) is 15.6 Å². The van der Waals surface area contributed by atoms with Crippen LogP contribution in [0, 0.1) is 13.8 Å². The zero-order chi connectivity index (χ0) is 14.2. The number of carbonyl (C=O) groups is 1. The molecule has 3 nitrogen and oxygen atoms in total. The number of aromatic carboxylic acids is 1. The van der Waals surface area contributed by atoms with E-state index in [4.69, 9.17) is 5.11 Å². The molecule has 2 aromatic rings. The molecule has 0 unspecified atom stereocenters. The van der Waals surface area contributed by atoms with E-state index < -0.39 is 12.4 Å². The SMILES string of the molecule is Cc1cc(C(F)F)c(C)n1-c1ccccc1C(=O)O. The molecule has 1 aromatic heterocycles. The summed E-state index contributed by atoms with van der Waals surface area (Å²) in [6.45, 7) is 3.24. The van der Waals surface area contributed by atoms with Crippen LogP contribution in [0.1, 0.15) is 33.7 Å². The Bertz CT molecular complexity index is 632. The molecule has 1 N–H and O–H groups in total. The first-order valence-electron chi connectivity index (χ1n) is 5.73. The largest absolute Gasteiger partial charge is 0.478 e. The van der Waals surface area contributed by atoms with Gasteiger partial charge in [-0.05, 0) is 32.0 Å². The highest BCUT2D eigenvalue weighted by Gasteiger charge is 2.20. The van der Waals surface area contributed by atoms with Crippen LogP contribution in [0.15, 0.2) is 30.3 Å². The Hall–Kier alpha value is -2.17. The first kappa shape index (κ1) is 13.3. The van der Waals surface area contributed by atoms with Gasteiger partial charge < -0.3 is 9.67 Å². The lowest BCUT2D eigenvalue weighted by atomic mass is 10.1. The van der Waals surface area contributed by atoms with Gasteiger partial charge in [0.2, 0.25) is 0 Å². The van der Waals surface area contributed by atoms with E-state index in [1.165, 1.54) is 12.1 Å². The second-order valence-corrected chi connectivity index (χ2v) is 4.28. The third kappa shape index (κ3) is 2.23. The first-order chi connectivity index (χ1) is 8.93. The molecule has 1 aromatic carbocycles. The number of hydrogen-bond donors (Lipinski definition) is 1. The average Bonchev–Trinajstić information content (AvgIpc) is 2.65. The topological polar surface area (TPSA) is 42.2 Å². The lowest BCUT2D eigenvalue weighted by Gasteiger charge is -2.12. The molecule has 1 heterocycles. The molecule has 0 amide bonds. The predicted octanol–water partition coefficient (Wildman–Crippen LogP) is 3.73. The van der Waals surface area contributed by atoms with Crippen LogP contribution in [0.25, 0.3) is 5.69 Å². The zero-order valence-corrected chi connectivity index (χ0v) is 10.5. The van der Waals surface area contributed by atoms with E-state index >= 15 is 0 Å². The lowest BCUT2D eigenvalue weighted by molar-refractivity contribution is 0.0697. The van der Waals surface area contributed by atoms with Crippen LogP contribution in [0.5, 0.6) is 0 Å². The van der Waals surface area contributed by atoms with Crippen LogP contribution < -0.4 is 0 Å². The molecule has 0 saturated carbocycles. The van der Waals surface area contributed by atoms with Crippen LogP contribution in [0.2, 0.25) is 0 Å². The second-order valence-electron chi connectivity index (χ2n) is 4.28. The normalized spacial score (nSPS) is 11.0. The molecule has 100 valence electrons. The number of para-hydroxylation sites is 1. The van der Waals surface area contributed by atoms with Gasteiger partial charge in [-0.1, -0.05) is 12.1 Å². The molecule has 0 aliphatic heterocycles. The third-order valence-electron chi connectivity index (χ3n) is 3.08. The molecule has 5 heteroatoms. The number of aryl methyl sites for hydroxylation is 1. The Balaban J connectivity index is 2.70. The highest BCUT2D eigenvalue weighted by molar-refractivity contribution is 5.92. The maximum absolute atomic E-state index is 12.9. The fraction of sp³-hybridized carbons (Fsp3) is 0.214. The molecule has 0 saturated heterocycles. The fourth-order valence-electron chi connectivity index (χ4n) is 2.23. The Morgan fingerprint density at radius 3 is 2.42 bits per heavy atom. The smallest absolute Gasteiger partial charge is 0.337 e. The quantitative estimate of drug-likeness (QED) is 0.918. The summed E-state index contributed by atoms with van der Waals surface area (Å²) in [5.41, 5.74) is 1.36. The van der Waals surface area contributed by atoms with Gasteiger partial charge in [0.05, 0.1) is 11.3 Å². The molecular weight excluding hydrogens is 252 g/mol. The Kier molecular flexibility index (Phi) is 3.38. The van der Waals surface area contributed by atoms with Gasteiger partial charge in [0.1, 0.15) is 0 Å². The van der Waals surface area contributed by atoms with Gasteiger partial charge in [-0.15, -0.1) is 0 Å². The molecular formula is C14H13F2NO2. The van der Waals surface area contributed by atoms with E-state index in [0.717, 1.165) is 0 Å². The number of nitrogens with zero attached hydrogens (tertiary/aromatic N) is 1. The molecule has 0 radical (unpaired) electrons. The number of halogens is 2. The summed E-state index contributed by atoms with van der Waals surface area (Å²) < 4.78 is 27.3. The maximum atomic E-state index is 12.9. The average molecular weight is 265 g/mol. The van der Waals surface area contributed by atoms with Gasteiger partial charge in [0.25, 0.3) is 6.43 Å². The first-order valence-corrected chi connectivity index (χ1v) is 5.73. The number of carboxylic acid groups (broad SMARTS) is 1. The van der Waals surface area contributed by atoms with Crippen LogP contribution in [0.3, 0.4) is 0 Å². The Labute approximate surface area is 109 Å². The summed E-state index contributed by atoms with van der Waals surface area (Å²) in [5.74, 6) is -1.08. The third-order valence-corrected chi connectivity index (χ3v) is 3.08. The van der Waals surface area contributed by atoms with Crippen LogP contribution in [-0.2, 0) is 0 Å². The van der Waals surface area contributed by atoms with Crippen LogP contribution >= 0.6 is 0 Å². The number of aromatic nitrogens is 1. The fourth-order valence-corrected chi connectivity index (χ4v) is 2.23. The van der Waals surface area contributed by atoms with Crippen molar-refractivity contribution in [3.63, 3.8) is 0 Å². The molecule has 0 bridgehead atoms. The highest BCUT2D eigenvalue weighted by atomic mass is 19.3. The molecule has 19 heavy (non-hydrogen) atoms. The van der Waals surface area contributed by atoms with Crippen molar-refractivity contribution in [1.82, 2.24) is 4.57 Å². The summed E-state index contributed by atoms with van der Waals surface area (Å²) in [7, 11) is 0. The van der Waals surface area contributed by atoms with Crippen molar-refractivity contribution in [2.45, 2.75) is 20.3 Å². The van der Waals surface area contributed by atoms with E-state index in [1.54, 1.807) is 36.6 Å². The molecule has 0 spiro atoms. The number of benzene rings is 1. The predicted molar refractivity (Wildman–Crippen MR) is 67.2 cm³/mol. The van der Waals surface area contributed by atoms with Gasteiger partial charge in [0.15, 0.2) is 0 Å². The minimum atomic E-state index is -2.57.